The van der Waals surface area contributed by atoms with Crippen LogP contribution in [0.1, 0.15) is 28.4 Å². The highest BCUT2D eigenvalue weighted by Crippen LogP contribution is 2.25. The third-order valence-electron chi connectivity index (χ3n) is 4.75. The van der Waals surface area contributed by atoms with Gasteiger partial charge in [-0.2, -0.15) is 0 Å². The zero-order valence-electron chi connectivity index (χ0n) is 17.3. The van der Waals surface area contributed by atoms with E-state index in [0.29, 0.717) is 5.13 Å². The molecule has 11 heteroatoms. The number of benzene rings is 1. The van der Waals surface area contributed by atoms with Crippen molar-refractivity contribution in [3.8, 4) is 5.75 Å². The average Bonchev–Trinajstić information content (AvgIpc) is 3.51. The van der Waals surface area contributed by atoms with Crippen LogP contribution in [0.15, 0.2) is 24.4 Å². The summed E-state index contributed by atoms with van der Waals surface area (Å²) in [5, 5.41) is 26.6. The van der Waals surface area contributed by atoms with Gasteiger partial charge in [0.2, 0.25) is 16.2 Å². The van der Waals surface area contributed by atoms with Crippen LogP contribution >= 0.6 is 22.7 Å². The maximum atomic E-state index is 12.5. The predicted octanol–water partition coefficient (Wildman–Crippen LogP) is 3.67. The smallest absolute Gasteiger partial charge is 0.230 e. The number of hydrogen-bond donors (Lipinski definition) is 3. The summed E-state index contributed by atoms with van der Waals surface area (Å²) in [7, 11) is 3.47. The maximum Gasteiger partial charge on any atom is 0.230 e. The number of nitrogens with one attached hydrogen (secondary N) is 3. The second-order valence-electron chi connectivity index (χ2n) is 6.91. The van der Waals surface area contributed by atoms with E-state index in [1.165, 1.54) is 11.3 Å². The van der Waals surface area contributed by atoms with E-state index in [4.69, 9.17) is 4.74 Å². The second kappa shape index (κ2) is 9.84. The molecular formula is C20H23N7O2S2. The number of ether oxygens (including phenoxy) is 1. The summed E-state index contributed by atoms with van der Waals surface area (Å²) in [6.45, 7) is 0. The molecule has 31 heavy (non-hydrogen) atoms. The van der Waals surface area contributed by atoms with E-state index < -0.39 is 0 Å². The first-order chi connectivity index (χ1) is 15.1. The molecule has 0 aliphatic rings. The van der Waals surface area contributed by atoms with Gasteiger partial charge in [0, 0.05) is 37.0 Å². The molecule has 1 aromatic carbocycles. The molecule has 0 aliphatic carbocycles. The molecule has 9 nitrogen and oxygen atoms in total. The number of anilines is 2. The Kier molecular flexibility index (Phi) is 6.73. The van der Waals surface area contributed by atoms with Gasteiger partial charge in [0.05, 0.1) is 13.5 Å². The molecule has 0 aliphatic heterocycles. The summed E-state index contributed by atoms with van der Waals surface area (Å²) in [5.74, 6) is 0.638. The summed E-state index contributed by atoms with van der Waals surface area (Å²) < 4.78 is 5.28. The maximum absolute atomic E-state index is 12.5. The molecule has 0 radical (unpaired) electrons. The van der Waals surface area contributed by atoms with Crippen LogP contribution in [0.2, 0.25) is 0 Å². The van der Waals surface area contributed by atoms with Crippen molar-refractivity contribution in [1.29, 1.82) is 0 Å². The van der Waals surface area contributed by atoms with Gasteiger partial charge in [0.25, 0.3) is 0 Å². The number of aromatic nitrogens is 5. The van der Waals surface area contributed by atoms with Gasteiger partial charge in [0.1, 0.15) is 15.8 Å². The van der Waals surface area contributed by atoms with Crippen LogP contribution in [-0.2, 0) is 24.1 Å². The number of rotatable bonds is 10. The van der Waals surface area contributed by atoms with Crippen molar-refractivity contribution < 1.29 is 9.53 Å². The van der Waals surface area contributed by atoms with Crippen LogP contribution in [0.25, 0.3) is 10.9 Å². The number of hydrogen-bond acceptors (Lipinski definition) is 9. The Morgan fingerprint density at radius 1 is 1.06 bits per heavy atom. The third kappa shape index (κ3) is 5.36. The number of aryl methyl sites for hydroxylation is 2. The lowest BCUT2D eigenvalue weighted by Gasteiger charge is -2.02. The van der Waals surface area contributed by atoms with Gasteiger partial charge in [-0.3, -0.25) is 4.79 Å². The van der Waals surface area contributed by atoms with E-state index in [1.54, 1.807) is 18.4 Å². The SMILES string of the molecule is CNc1nnc(CCCCc2nnc(NC(=O)Cc3c[nH]c4ccc(OC)cc34)s2)s1. The van der Waals surface area contributed by atoms with Crippen molar-refractivity contribution in [1.82, 2.24) is 25.4 Å². The fraction of sp³-hybridized carbons (Fsp3) is 0.350. The standard InChI is InChI=1S/C20H23N7O2S2/c1-21-19-26-24-17(30-19)5-3-4-6-18-25-27-20(31-18)23-16(28)9-12-11-22-15-8-7-13(29-2)10-14(12)15/h7-8,10-11,22H,3-6,9H2,1-2H3,(H,21,26)(H,23,27,28). The van der Waals surface area contributed by atoms with Crippen molar-refractivity contribution in [3.63, 3.8) is 0 Å². The molecule has 4 aromatic rings. The molecule has 0 bridgehead atoms. The monoisotopic (exact) mass is 457 g/mol. The van der Waals surface area contributed by atoms with Gasteiger partial charge < -0.3 is 20.4 Å². The Morgan fingerprint density at radius 2 is 1.77 bits per heavy atom. The van der Waals surface area contributed by atoms with Gasteiger partial charge in [-0.15, -0.1) is 20.4 Å². The molecule has 0 unspecified atom stereocenters. The highest BCUT2D eigenvalue weighted by Gasteiger charge is 2.13. The molecular weight excluding hydrogens is 434 g/mol. The molecule has 1 amide bonds. The number of methoxy groups -OCH3 is 1. The zero-order chi connectivity index (χ0) is 21.6. The fourth-order valence-corrected chi connectivity index (χ4v) is 4.71. The van der Waals surface area contributed by atoms with Crippen LogP contribution in [0, 0.1) is 0 Å². The van der Waals surface area contributed by atoms with Crippen LogP contribution in [-0.4, -0.2) is 45.4 Å². The Hall–Kier alpha value is -3.05. The Labute approximate surface area is 187 Å². The molecule has 3 N–H and O–H groups in total. The number of fused-ring (bicyclic) bond motifs is 1. The average molecular weight is 458 g/mol. The van der Waals surface area contributed by atoms with Gasteiger partial charge in [0.15, 0.2) is 0 Å². The fourth-order valence-electron chi connectivity index (χ4n) is 3.18. The van der Waals surface area contributed by atoms with E-state index in [1.807, 2.05) is 31.4 Å². The van der Waals surface area contributed by atoms with E-state index >= 15 is 0 Å². The summed E-state index contributed by atoms with van der Waals surface area (Å²) in [6, 6.07) is 5.76. The molecule has 0 fully saturated rings. The molecule has 4 rings (SSSR count). The van der Waals surface area contributed by atoms with Crippen molar-refractivity contribution in [2.75, 3.05) is 24.8 Å². The first kappa shape index (κ1) is 21.2. The molecule has 0 saturated carbocycles. The topological polar surface area (TPSA) is 118 Å². The van der Waals surface area contributed by atoms with Crippen molar-refractivity contribution >= 4 is 49.7 Å². The van der Waals surface area contributed by atoms with Crippen molar-refractivity contribution in [3.05, 3.63) is 40.0 Å². The Bertz CT molecular complexity index is 1170. The summed E-state index contributed by atoms with van der Waals surface area (Å²) in [4.78, 5) is 15.7. The molecule has 0 atom stereocenters. The lowest BCUT2D eigenvalue weighted by atomic mass is 10.1. The Balaban J connectivity index is 1.26. The number of nitrogens with zero attached hydrogens (tertiary/aromatic N) is 4. The zero-order valence-corrected chi connectivity index (χ0v) is 18.9. The summed E-state index contributed by atoms with van der Waals surface area (Å²) in [5.41, 5.74) is 1.88. The molecule has 162 valence electrons. The first-order valence-corrected chi connectivity index (χ1v) is 11.5. The number of H-pyrrole nitrogens is 1. The minimum atomic E-state index is -0.122. The summed E-state index contributed by atoms with van der Waals surface area (Å²) >= 11 is 3.00. The number of aromatic amines is 1. The Morgan fingerprint density at radius 3 is 2.45 bits per heavy atom. The van der Waals surface area contributed by atoms with Crippen LogP contribution < -0.4 is 15.4 Å². The minimum Gasteiger partial charge on any atom is -0.497 e. The lowest BCUT2D eigenvalue weighted by Crippen LogP contribution is -2.14. The van der Waals surface area contributed by atoms with Crippen LogP contribution in [0.4, 0.5) is 10.3 Å². The second-order valence-corrected chi connectivity index (χ2v) is 9.03. The molecule has 3 heterocycles. The van der Waals surface area contributed by atoms with E-state index in [9.17, 15) is 4.79 Å². The van der Waals surface area contributed by atoms with Gasteiger partial charge >= 0.3 is 0 Å². The number of amides is 1. The van der Waals surface area contributed by atoms with Gasteiger partial charge in [-0.05, 0) is 36.6 Å². The highest BCUT2D eigenvalue weighted by atomic mass is 32.1. The van der Waals surface area contributed by atoms with E-state index in [2.05, 4.69) is 36.0 Å². The first-order valence-electron chi connectivity index (χ1n) is 9.91. The number of unbranched alkanes of at least 4 members (excludes halogenated alkanes) is 1. The van der Waals surface area contributed by atoms with E-state index in [0.717, 1.165) is 63.0 Å². The number of carbonyl (C=O) groups is 1. The summed E-state index contributed by atoms with van der Waals surface area (Å²) in [6.07, 6.45) is 5.81. The van der Waals surface area contributed by atoms with Crippen LogP contribution in [0.3, 0.4) is 0 Å². The normalized spacial score (nSPS) is 11.0. The molecule has 0 spiro atoms. The largest absolute Gasteiger partial charge is 0.497 e. The quantitative estimate of drug-likeness (QED) is 0.311. The predicted molar refractivity (Wildman–Crippen MR) is 123 cm³/mol. The molecule has 3 aromatic heterocycles. The third-order valence-corrected chi connectivity index (χ3v) is 6.65. The lowest BCUT2D eigenvalue weighted by molar-refractivity contribution is -0.115. The van der Waals surface area contributed by atoms with Crippen LogP contribution in [0.5, 0.6) is 5.75 Å². The van der Waals surface area contributed by atoms with Gasteiger partial charge in [-0.25, -0.2) is 0 Å². The molecule has 0 saturated heterocycles. The number of carbonyl (C=O) groups excluding carboxylic acids is 1. The van der Waals surface area contributed by atoms with Gasteiger partial charge in [-0.1, -0.05) is 22.7 Å². The minimum absolute atomic E-state index is 0.122. The highest BCUT2D eigenvalue weighted by molar-refractivity contribution is 7.15. The van der Waals surface area contributed by atoms with E-state index in [-0.39, 0.29) is 12.3 Å². The van der Waals surface area contributed by atoms with Crippen molar-refractivity contribution in [2.45, 2.75) is 32.1 Å². The van der Waals surface area contributed by atoms with Crippen molar-refractivity contribution in [2.24, 2.45) is 0 Å².